The Bertz CT molecular complexity index is 832. The third-order valence-corrected chi connectivity index (χ3v) is 6.31. The summed E-state index contributed by atoms with van der Waals surface area (Å²) in [6.45, 7) is 2.28. The molecular formula is C22H28N2O4. The maximum absolute atomic E-state index is 12.6. The van der Waals surface area contributed by atoms with Gasteiger partial charge in [-0.3, -0.25) is 4.79 Å². The highest BCUT2D eigenvalue weighted by Gasteiger charge is 2.56. The number of amides is 1. The topological polar surface area (TPSA) is 85.0 Å². The fourth-order valence-corrected chi connectivity index (χ4v) is 4.49. The monoisotopic (exact) mass is 384 g/mol. The number of carbonyl (C=O) groups is 1. The molecule has 4 rings (SSSR count). The summed E-state index contributed by atoms with van der Waals surface area (Å²) < 4.78 is 11.6. The van der Waals surface area contributed by atoms with E-state index in [9.17, 15) is 9.90 Å². The molecule has 3 N–H and O–H groups in total. The van der Waals surface area contributed by atoms with Crippen molar-refractivity contribution in [3.8, 4) is 5.75 Å². The van der Waals surface area contributed by atoms with Crippen LogP contribution in [0.5, 0.6) is 5.75 Å². The van der Waals surface area contributed by atoms with Crippen molar-refractivity contribution in [2.24, 2.45) is 11.1 Å². The molecule has 6 heteroatoms. The van der Waals surface area contributed by atoms with E-state index in [0.29, 0.717) is 38.4 Å². The van der Waals surface area contributed by atoms with Crippen molar-refractivity contribution in [1.82, 2.24) is 4.90 Å². The molecule has 1 aliphatic heterocycles. The first-order valence-corrected chi connectivity index (χ1v) is 10.0. The molecule has 1 saturated carbocycles. The first kappa shape index (κ1) is 19.2. The Balaban J connectivity index is 1.30. The van der Waals surface area contributed by atoms with E-state index in [1.54, 1.807) is 0 Å². The van der Waals surface area contributed by atoms with E-state index >= 15 is 0 Å². The summed E-state index contributed by atoms with van der Waals surface area (Å²) in [5, 5.41) is 12.6. The third-order valence-electron chi connectivity index (χ3n) is 6.31. The van der Waals surface area contributed by atoms with E-state index < -0.39 is 0 Å². The summed E-state index contributed by atoms with van der Waals surface area (Å²) >= 11 is 0. The number of fused-ring (bicyclic) bond motifs is 1. The van der Waals surface area contributed by atoms with Crippen molar-refractivity contribution in [1.29, 1.82) is 0 Å². The van der Waals surface area contributed by atoms with Crippen molar-refractivity contribution in [2.45, 2.75) is 31.5 Å². The number of aliphatic hydroxyl groups excluding tert-OH is 1. The highest BCUT2D eigenvalue weighted by atomic mass is 16.5. The zero-order chi connectivity index (χ0) is 19.6. The van der Waals surface area contributed by atoms with Crippen molar-refractivity contribution >= 4 is 16.7 Å². The van der Waals surface area contributed by atoms with Gasteiger partial charge in [-0.25, -0.2) is 0 Å². The Morgan fingerprint density at radius 2 is 1.93 bits per heavy atom. The number of rotatable bonds is 6. The molecule has 0 unspecified atom stereocenters. The fraction of sp³-hybridized carbons (Fsp3) is 0.500. The zero-order valence-electron chi connectivity index (χ0n) is 16.0. The Kier molecular flexibility index (Phi) is 5.53. The lowest BCUT2D eigenvalue weighted by Crippen LogP contribution is -2.63. The fourth-order valence-electron chi connectivity index (χ4n) is 4.49. The Morgan fingerprint density at radius 1 is 1.18 bits per heavy atom. The SMILES string of the molecule is NCCO[C@@H]1C[C@H](O)C12CCN(C(=O)COc1ccc3ccccc3c1)CC2. The number of carbonyl (C=O) groups excluding carboxylic acids is 1. The van der Waals surface area contributed by atoms with E-state index in [1.807, 2.05) is 47.4 Å². The second-order valence-electron chi connectivity index (χ2n) is 7.81. The van der Waals surface area contributed by atoms with Crippen molar-refractivity contribution < 1.29 is 19.4 Å². The van der Waals surface area contributed by atoms with Crippen LogP contribution < -0.4 is 10.5 Å². The predicted octanol–water partition coefficient (Wildman–Crippen LogP) is 1.94. The number of ether oxygens (including phenoxy) is 2. The maximum atomic E-state index is 12.6. The number of likely N-dealkylation sites (tertiary alicyclic amines) is 1. The summed E-state index contributed by atoms with van der Waals surface area (Å²) in [5.41, 5.74) is 5.31. The minimum atomic E-state index is -0.346. The zero-order valence-corrected chi connectivity index (χ0v) is 16.0. The van der Waals surface area contributed by atoms with Gasteiger partial charge in [0.15, 0.2) is 6.61 Å². The average Bonchev–Trinajstić information content (AvgIpc) is 2.74. The quantitative estimate of drug-likeness (QED) is 0.795. The highest BCUT2D eigenvalue weighted by Crippen LogP contribution is 2.50. The van der Waals surface area contributed by atoms with E-state index in [-0.39, 0.29) is 30.1 Å². The molecule has 1 spiro atoms. The molecule has 1 aliphatic carbocycles. The first-order valence-electron chi connectivity index (χ1n) is 10.0. The number of aliphatic hydroxyl groups is 1. The second-order valence-corrected chi connectivity index (χ2v) is 7.81. The number of nitrogens with zero attached hydrogens (tertiary/aromatic N) is 1. The number of hydrogen-bond donors (Lipinski definition) is 2. The van der Waals surface area contributed by atoms with Gasteiger partial charge in [-0.2, -0.15) is 0 Å². The summed E-state index contributed by atoms with van der Waals surface area (Å²) in [6.07, 6.45) is 1.88. The van der Waals surface area contributed by atoms with E-state index in [4.69, 9.17) is 15.2 Å². The standard InChI is InChI=1S/C22H28N2O4/c23-9-12-27-20-14-19(25)22(20)7-10-24(11-8-22)21(26)15-28-18-6-5-16-3-1-2-4-17(16)13-18/h1-6,13,19-20,25H,7-12,14-15,23H2/t19-,20+/m0/s1. The minimum absolute atomic E-state index is 0.0174. The van der Waals surface area contributed by atoms with Gasteiger partial charge in [0.25, 0.3) is 5.91 Å². The van der Waals surface area contributed by atoms with E-state index in [0.717, 1.165) is 23.6 Å². The molecule has 2 aliphatic rings. The summed E-state index contributed by atoms with van der Waals surface area (Å²) in [6, 6.07) is 13.9. The highest BCUT2D eigenvalue weighted by molar-refractivity contribution is 5.84. The van der Waals surface area contributed by atoms with Crippen LogP contribution in [0.2, 0.25) is 0 Å². The molecule has 0 aromatic heterocycles. The molecule has 2 fully saturated rings. The molecular weight excluding hydrogens is 356 g/mol. The molecule has 1 amide bonds. The summed E-state index contributed by atoms with van der Waals surface area (Å²) in [7, 11) is 0. The van der Waals surface area contributed by atoms with Gasteiger partial charge in [0.2, 0.25) is 0 Å². The van der Waals surface area contributed by atoms with Gasteiger partial charge in [0.1, 0.15) is 5.75 Å². The van der Waals surface area contributed by atoms with Crippen LogP contribution in [0.4, 0.5) is 0 Å². The van der Waals surface area contributed by atoms with Crippen molar-refractivity contribution in [2.75, 3.05) is 32.8 Å². The van der Waals surface area contributed by atoms with Gasteiger partial charge < -0.3 is 25.2 Å². The number of hydrogen-bond acceptors (Lipinski definition) is 5. The number of nitrogens with two attached hydrogens (primary N) is 1. The molecule has 0 bridgehead atoms. The normalized spacial score (nSPS) is 23.6. The maximum Gasteiger partial charge on any atom is 0.260 e. The molecule has 150 valence electrons. The Morgan fingerprint density at radius 3 is 2.64 bits per heavy atom. The third kappa shape index (κ3) is 3.60. The molecule has 1 saturated heterocycles. The molecule has 6 nitrogen and oxygen atoms in total. The van der Waals surface area contributed by atoms with Gasteiger partial charge in [-0.15, -0.1) is 0 Å². The number of benzene rings is 2. The molecule has 2 aromatic carbocycles. The van der Waals surface area contributed by atoms with Gasteiger partial charge in [-0.1, -0.05) is 30.3 Å². The Labute approximate surface area is 165 Å². The molecule has 2 aromatic rings. The van der Waals surface area contributed by atoms with Gasteiger partial charge in [-0.05, 0) is 35.7 Å². The summed E-state index contributed by atoms with van der Waals surface area (Å²) in [5.74, 6) is 0.682. The second kappa shape index (κ2) is 8.07. The van der Waals surface area contributed by atoms with Crippen LogP contribution in [0.25, 0.3) is 10.8 Å². The smallest absolute Gasteiger partial charge is 0.260 e. The molecule has 1 heterocycles. The van der Waals surface area contributed by atoms with Crippen LogP contribution in [-0.2, 0) is 9.53 Å². The molecule has 0 radical (unpaired) electrons. The average molecular weight is 384 g/mol. The van der Waals surface area contributed by atoms with Gasteiger partial charge >= 0.3 is 0 Å². The van der Waals surface area contributed by atoms with Crippen LogP contribution in [0.15, 0.2) is 42.5 Å². The summed E-state index contributed by atoms with van der Waals surface area (Å²) in [4.78, 5) is 14.4. The van der Waals surface area contributed by atoms with E-state index in [2.05, 4.69) is 0 Å². The predicted molar refractivity (Wildman–Crippen MR) is 107 cm³/mol. The van der Waals surface area contributed by atoms with E-state index in [1.165, 1.54) is 0 Å². The lowest BCUT2D eigenvalue weighted by Gasteiger charge is -2.56. The molecule has 28 heavy (non-hydrogen) atoms. The molecule has 2 atom stereocenters. The van der Waals surface area contributed by atoms with Crippen molar-refractivity contribution in [3.63, 3.8) is 0 Å². The lowest BCUT2D eigenvalue weighted by molar-refractivity contribution is -0.210. The largest absolute Gasteiger partial charge is 0.484 e. The van der Waals surface area contributed by atoms with Gasteiger partial charge in [0, 0.05) is 31.5 Å². The first-order chi connectivity index (χ1) is 13.6. The van der Waals surface area contributed by atoms with Crippen molar-refractivity contribution in [3.05, 3.63) is 42.5 Å². The van der Waals surface area contributed by atoms with Crippen LogP contribution in [0, 0.1) is 5.41 Å². The van der Waals surface area contributed by atoms with Crippen LogP contribution in [-0.4, -0.2) is 61.0 Å². The van der Waals surface area contributed by atoms with Crippen LogP contribution in [0.3, 0.4) is 0 Å². The van der Waals surface area contributed by atoms with Crippen LogP contribution >= 0.6 is 0 Å². The van der Waals surface area contributed by atoms with Crippen LogP contribution in [0.1, 0.15) is 19.3 Å². The number of piperidine rings is 1. The minimum Gasteiger partial charge on any atom is -0.484 e. The Hall–Kier alpha value is -2.15. The lowest BCUT2D eigenvalue weighted by atomic mass is 9.58. The van der Waals surface area contributed by atoms with Gasteiger partial charge in [0.05, 0.1) is 18.8 Å².